The highest BCUT2D eigenvalue weighted by Gasteiger charge is 2.41. The number of hydrogen-bond acceptors (Lipinski definition) is 2. The minimum atomic E-state index is -0.839. The molecule has 0 aliphatic heterocycles. The number of carbonyl (C=O) groups is 1. The zero-order valence-corrected chi connectivity index (χ0v) is 12.1. The Labute approximate surface area is 123 Å². The van der Waals surface area contributed by atoms with Gasteiger partial charge in [0.15, 0.2) is 0 Å². The van der Waals surface area contributed by atoms with E-state index in [4.69, 9.17) is 18.0 Å². The molecular formula is C15H19FN2OS. The molecule has 3 nitrogen and oxygen atoms in total. The Balaban J connectivity index is 2.23. The Bertz CT molecular complexity index is 510. The van der Waals surface area contributed by atoms with Crippen molar-refractivity contribution in [2.24, 2.45) is 11.1 Å². The molecule has 1 aliphatic rings. The minimum absolute atomic E-state index is 0.178. The Kier molecular flexibility index (Phi) is 4.70. The Hall–Kier alpha value is -1.49. The smallest absolute Gasteiger partial charge is 0.237 e. The molecule has 1 saturated carbocycles. The molecule has 1 aliphatic carbocycles. The van der Waals surface area contributed by atoms with Crippen LogP contribution in [0.15, 0.2) is 24.3 Å². The van der Waals surface area contributed by atoms with E-state index in [-0.39, 0.29) is 16.6 Å². The van der Waals surface area contributed by atoms with E-state index in [0.717, 1.165) is 25.7 Å². The Morgan fingerprint density at radius 3 is 2.35 bits per heavy atom. The summed E-state index contributed by atoms with van der Waals surface area (Å²) in [7, 11) is 0. The number of benzene rings is 1. The number of amides is 1. The number of hydrogen-bond donors (Lipinski definition) is 2. The molecule has 0 bridgehead atoms. The number of carbonyl (C=O) groups excluding carboxylic acids is 1. The van der Waals surface area contributed by atoms with Crippen LogP contribution in [0.25, 0.3) is 0 Å². The number of nitrogens with one attached hydrogen (secondary N) is 1. The molecule has 0 aromatic heterocycles. The maximum atomic E-state index is 13.6. The second kappa shape index (κ2) is 6.31. The highest BCUT2D eigenvalue weighted by molar-refractivity contribution is 7.80. The van der Waals surface area contributed by atoms with E-state index in [9.17, 15) is 9.18 Å². The largest absolute Gasteiger partial charge is 0.392 e. The van der Waals surface area contributed by atoms with Gasteiger partial charge in [-0.15, -0.1) is 0 Å². The van der Waals surface area contributed by atoms with Gasteiger partial charge < -0.3 is 11.1 Å². The van der Waals surface area contributed by atoms with Gasteiger partial charge in [-0.1, -0.05) is 50.0 Å². The minimum Gasteiger partial charge on any atom is -0.392 e. The van der Waals surface area contributed by atoms with Crippen molar-refractivity contribution in [1.82, 2.24) is 0 Å². The van der Waals surface area contributed by atoms with E-state index in [0.29, 0.717) is 12.8 Å². The highest BCUT2D eigenvalue weighted by Crippen LogP contribution is 2.36. The Morgan fingerprint density at radius 2 is 1.80 bits per heavy atom. The molecule has 1 aromatic rings. The standard InChI is InChI=1S/C15H19FN2OS/c16-11-7-3-4-8-12(11)18-14(19)15(13(17)20)9-5-1-2-6-10-15/h3-4,7-8H,1-2,5-6,9-10H2,(H2,17,20)(H,18,19). The van der Waals surface area contributed by atoms with Gasteiger partial charge in [0.05, 0.1) is 16.1 Å². The van der Waals surface area contributed by atoms with E-state index in [1.807, 2.05) is 0 Å². The summed E-state index contributed by atoms with van der Waals surface area (Å²) in [4.78, 5) is 12.8. The lowest BCUT2D eigenvalue weighted by Gasteiger charge is -2.30. The maximum absolute atomic E-state index is 13.6. The van der Waals surface area contributed by atoms with Crippen LogP contribution in [0.2, 0.25) is 0 Å². The summed E-state index contributed by atoms with van der Waals surface area (Å²) in [5, 5.41) is 2.65. The number of para-hydroxylation sites is 1. The van der Waals surface area contributed by atoms with E-state index >= 15 is 0 Å². The van der Waals surface area contributed by atoms with Crippen LogP contribution in [0, 0.1) is 11.2 Å². The van der Waals surface area contributed by atoms with Crippen molar-refractivity contribution in [2.45, 2.75) is 38.5 Å². The predicted octanol–water partition coefficient (Wildman–Crippen LogP) is 3.39. The average Bonchev–Trinajstić information content (AvgIpc) is 2.68. The molecule has 0 atom stereocenters. The van der Waals surface area contributed by atoms with Crippen LogP contribution in [-0.4, -0.2) is 10.9 Å². The van der Waals surface area contributed by atoms with Crippen LogP contribution in [0.4, 0.5) is 10.1 Å². The summed E-state index contributed by atoms with van der Waals surface area (Å²) < 4.78 is 13.6. The van der Waals surface area contributed by atoms with Crippen molar-refractivity contribution in [3.8, 4) is 0 Å². The van der Waals surface area contributed by atoms with Crippen LogP contribution in [0.1, 0.15) is 38.5 Å². The SMILES string of the molecule is NC(=S)C1(C(=O)Nc2ccccc2F)CCCCCC1. The maximum Gasteiger partial charge on any atom is 0.237 e. The van der Waals surface area contributed by atoms with Crippen molar-refractivity contribution in [3.05, 3.63) is 30.1 Å². The van der Waals surface area contributed by atoms with E-state index < -0.39 is 11.2 Å². The van der Waals surface area contributed by atoms with Gasteiger partial charge >= 0.3 is 0 Å². The first kappa shape index (κ1) is 14.9. The topological polar surface area (TPSA) is 55.1 Å². The van der Waals surface area contributed by atoms with Gasteiger partial charge in [-0.2, -0.15) is 0 Å². The van der Waals surface area contributed by atoms with E-state index in [1.54, 1.807) is 12.1 Å². The summed E-state index contributed by atoms with van der Waals surface area (Å²) in [6.07, 6.45) is 5.28. The van der Waals surface area contributed by atoms with Crippen molar-refractivity contribution in [3.63, 3.8) is 0 Å². The summed E-state index contributed by atoms with van der Waals surface area (Å²) in [5.74, 6) is -0.732. The third-order valence-corrected chi connectivity index (χ3v) is 4.38. The van der Waals surface area contributed by atoms with Gasteiger partial charge in [0, 0.05) is 0 Å². The summed E-state index contributed by atoms with van der Waals surface area (Å²) in [6, 6.07) is 6.12. The normalized spacial score (nSPS) is 18.1. The number of rotatable bonds is 3. The number of anilines is 1. The fourth-order valence-corrected chi connectivity index (χ4v) is 3.02. The lowest BCUT2D eigenvalue weighted by Crippen LogP contribution is -2.45. The van der Waals surface area contributed by atoms with Crippen molar-refractivity contribution in [1.29, 1.82) is 0 Å². The molecule has 5 heteroatoms. The average molecular weight is 294 g/mol. The second-order valence-electron chi connectivity index (χ2n) is 5.29. The molecule has 0 unspecified atom stereocenters. The molecule has 0 radical (unpaired) electrons. The van der Waals surface area contributed by atoms with Gasteiger partial charge in [0.1, 0.15) is 5.82 Å². The molecule has 20 heavy (non-hydrogen) atoms. The molecule has 0 saturated heterocycles. The molecule has 0 heterocycles. The molecule has 0 spiro atoms. The summed E-state index contributed by atoms with van der Waals surface area (Å²) >= 11 is 5.14. The van der Waals surface area contributed by atoms with Gasteiger partial charge in [0.2, 0.25) is 5.91 Å². The lowest BCUT2D eigenvalue weighted by atomic mass is 9.79. The summed E-state index contributed by atoms with van der Waals surface area (Å²) in [5.41, 5.74) is 5.18. The molecule has 1 fully saturated rings. The quantitative estimate of drug-likeness (QED) is 0.663. The number of thiocarbonyl (C=S) groups is 1. The Morgan fingerprint density at radius 1 is 1.20 bits per heavy atom. The molecule has 108 valence electrons. The first-order valence-corrected chi connectivity index (χ1v) is 7.33. The molecule has 1 amide bonds. The van der Waals surface area contributed by atoms with Crippen LogP contribution in [0.3, 0.4) is 0 Å². The predicted molar refractivity (Wildman–Crippen MR) is 82.0 cm³/mol. The van der Waals surface area contributed by atoms with Crippen LogP contribution >= 0.6 is 12.2 Å². The lowest BCUT2D eigenvalue weighted by molar-refractivity contribution is -0.122. The number of nitrogens with two attached hydrogens (primary N) is 1. The van der Waals surface area contributed by atoms with E-state index in [1.165, 1.54) is 12.1 Å². The number of halogens is 1. The zero-order chi connectivity index (χ0) is 14.6. The van der Waals surface area contributed by atoms with Crippen LogP contribution < -0.4 is 11.1 Å². The third kappa shape index (κ3) is 2.98. The third-order valence-electron chi connectivity index (χ3n) is 3.99. The second-order valence-corrected chi connectivity index (χ2v) is 5.73. The highest BCUT2D eigenvalue weighted by atomic mass is 32.1. The molecular weight excluding hydrogens is 275 g/mol. The van der Waals surface area contributed by atoms with Gasteiger partial charge in [-0.3, -0.25) is 4.79 Å². The van der Waals surface area contributed by atoms with Gasteiger partial charge in [-0.05, 0) is 25.0 Å². The molecule has 1 aromatic carbocycles. The fraction of sp³-hybridized carbons (Fsp3) is 0.467. The van der Waals surface area contributed by atoms with Crippen molar-refractivity contribution in [2.75, 3.05) is 5.32 Å². The summed E-state index contributed by atoms with van der Waals surface area (Å²) in [6.45, 7) is 0. The monoisotopic (exact) mass is 294 g/mol. The van der Waals surface area contributed by atoms with Crippen LogP contribution in [0.5, 0.6) is 0 Å². The zero-order valence-electron chi connectivity index (χ0n) is 11.3. The van der Waals surface area contributed by atoms with Crippen LogP contribution in [-0.2, 0) is 4.79 Å². The molecule has 2 rings (SSSR count). The first-order chi connectivity index (χ1) is 9.56. The van der Waals surface area contributed by atoms with Gasteiger partial charge in [-0.25, -0.2) is 4.39 Å². The first-order valence-electron chi connectivity index (χ1n) is 6.92. The van der Waals surface area contributed by atoms with Gasteiger partial charge in [0.25, 0.3) is 0 Å². The fourth-order valence-electron chi connectivity index (χ4n) is 2.72. The van der Waals surface area contributed by atoms with Crippen molar-refractivity contribution < 1.29 is 9.18 Å². The molecule has 3 N–H and O–H groups in total. The van der Waals surface area contributed by atoms with E-state index in [2.05, 4.69) is 5.32 Å². The van der Waals surface area contributed by atoms with Crippen molar-refractivity contribution >= 4 is 28.8 Å².